The largest absolute Gasteiger partial charge is 0.345 e. The third kappa shape index (κ3) is 4.29. The summed E-state index contributed by atoms with van der Waals surface area (Å²) in [6.45, 7) is 5.80. The van der Waals surface area contributed by atoms with E-state index in [2.05, 4.69) is 35.9 Å². The predicted molar refractivity (Wildman–Crippen MR) is 133 cm³/mol. The molecule has 10 heteroatoms. The molecule has 0 aliphatic carbocycles. The number of rotatable bonds is 6. The van der Waals surface area contributed by atoms with E-state index in [-0.39, 0.29) is 17.6 Å². The second-order valence-corrected chi connectivity index (χ2v) is 8.36. The molecule has 10 nitrogen and oxygen atoms in total. The van der Waals surface area contributed by atoms with Crippen molar-refractivity contribution in [3.05, 3.63) is 93.8 Å². The SMILES string of the molecule is Cc1ccc(-c2n[nH]c(=O)[nH]2)cc1Nc1ncnn2cc(C(=O)N[C@@H](C)c3ccccc3)c(C)c12. The van der Waals surface area contributed by atoms with Gasteiger partial charge in [0.25, 0.3) is 5.91 Å². The molecule has 4 N–H and O–H groups in total. The summed E-state index contributed by atoms with van der Waals surface area (Å²) in [5.74, 6) is 0.815. The standard InChI is InChI=1S/C25H24N8O2/c1-14-9-10-18(22-30-25(35)32-31-22)11-20(14)29-23-21-15(2)19(12-33(21)27-13-26-23)24(34)28-16(3)17-7-5-4-6-8-17/h4-13,16H,1-3H3,(H,28,34)(H,26,27,29)(H2,30,31,32,35)/t16-/m0/s1. The Labute approximate surface area is 200 Å². The van der Waals surface area contributed by atoms with Gasteiger partial charge in [-0.05, 0) is 43.5 Å². The lowest BCUT2D eigenvalue weighted by Gasteiger charge is -2.14. The van der Waals surface area contributed by atoms with Gasteiger partial charge in [0.05, 0.1) is 11.6 Å². The van der Waals surface area contributed by atoms with Crippen LogP contribution in [0.5, 0.6) is 0 Å². The fourth-order valence-corrected chi connectivity index (χ4v) is 4.02. The van der Waals surface area contributed by atoms with Gasteiger partial charge in [0.2, 0.25) is 0 Å². The average Bonchev–Trinajstić information content (AvgIpc) is 3.45. The fourth-order valence-electron chi connectivity index (χ4n) is 4.02. The van der Waals surface area contributed by atoms with E-state index < -0.39 is 0 Å². The molecule has 0 spiro atoms. The minimum absolute atomic E-state index is 0.145. The Bertz CT molecular complexity index is 1580. The number of aromatic nitrogens is 6. The molecule has 176 valence electrons. The molecule has 2 aromatic carbocycles. The molecule has 1 amide bonds. The second kappa shape index (κ2) is 8.90. The van der Waals surface area contributed by atoms with Crippen molar-refractivity contribution < 1.29 is 4.79 Å². The number of benzene rings is 2. The summed E-state index contributed by atoms with van der Waals surface area (Å²) in [6, 6.07) is 15.4. The average molecular weight is 469 g/mol. The molecule has 5 aromatic rings. The van der Waals surface area contributed by atoms with Crippen LogP contribution in [0.25, 0.3) is 16.9 Å². The lowest BCUT2D eigenvalue weighted by molar-refractivity contribution is 0.0939. The number of hydrogen-bond donors (Lipinski definition) is 4. The third-order valence-electron chi connectivity index (χ3n) is 5.98. The van der Waals surface area contributed by atoms with Crippen molar-refractivity contribution in [3.63, 3.8) is 0 Å². The third-order valence-corrected chi connectivity index (χ3v) is 5.98. The van der Waals surface area contributed by atoms with Crippen LogP contribution in [0, 0.1) is 13.8 Å². The normalized spacial score (nSPS) is 12.0. The van der Waals surface area contributed by atoms with E-state index in [9.17, 15) is 9.59 Å². The Kier molecular flexibility index (Phi) is 5.61. The first kappa shape index (κ1) is 22.1. The molecule has 0 saturated carbocycles. The predicted octanol–water partition coefficient (Wildman–Crippen LogP) is 3.66. The van der Waals surface area contributed by atoms with Crippen LogP contribution in [0.2, 0.25) is 0 Å². The van der Waals surface area contributed by atoms with Gasteiger partial charge in [0.15, 0.2) is 11.6 Å². The summed E-state index contributed by atoms with van der Waals surface area (Å²) in [5, 5.41) is 17.1. The molecule has 0 aliphatic rings. The highest BCUT2D eigenvalue weighted by Crippen LogP contribution is 2.29. The Morgan fingerprint density at radius 1 is 1.11 bits per heavy atom. The van der Waals surface area contributed by atoms with Crippen LogP contribution in [-0.2, 0) is 0 Å². The van der Waals surface area contributed by atoms with Crippen molar-refractivity contribution in [2.24, 2.45) is 0 Å². The maximum Gasteiger partial charge on any atom is 0.340 e. The minimum atomic E-state index is -0.371. The molecular formula is C25H24N8O2. The van der Waals surface area contributed by atoms with Gasteiger partial charge in [-0.3, -0.25) is 9.78 Å². The zero-order chi connectivity index (χ0) is 24.5. The van der Waals surface area contributed by atoms with E-state index >= 15 is 0 Å². The highest BCUT2D eigenvalue weighted by molar-refractivity contribution is 5.99. The molecule has 0 unspecified atom stereocenters. The van der Waals surface area contributed by atoms with Crippen LogP contribution in [0.4, 0.5) is 11.5 Å². The van der Waals surface area contributed by atoms with Crippen molar-refractivity contribution in [3.8, 4) is 11.4 Å². The number of fused-ring (bicyclic) bond motifs is 1. The molecule has 0 fully saturated rings. The smallest absolute Gasteiger partial charge is 0.340 e. The number of carbonyl (C=O) groups is 1. The monoisotopic (exact) mass is 468 g/mol. The molecule has 0 aliphatic heterocycles. The number of hydrogen-bond acceptors (Lipinski definition) is 6. The van der Waals surface area contributed by atoms with Crippen LogP contribution < -0.4 is 16.3 Å². The first-order valence-electron chi connectivity index (χ1n) is 11.1. The highest BCUT2D eigenvalue weighted by atomic mass is 16.2. The Morgan fingerprint density at radius 2 is 1.91 bits per heavy atom. The number of nitrogens with zero attached hydrogens (tertiary/aromatic N) is 4. The van der Waals surface area contributed by atoms with Gasteiger partial charge < -0.3 is 10.6 Å². The van der Waals surface area contributed by atoms with E-state index in [0.717, 1.165) is 27.9 Å². The van der Waals surface area contributed by atoms with Crippen molar-refractivity contribution in [1.82, 2.24) is 35.1 Å². The van der Waals surface area contributed by atoms with Gasteiger partial charge in [-0.2, -0.15) is 10.2 Å². The summed E-state index contributed by atoms with van der Waals surface area (Å²) in [5.41, 5.74) is 5.14. The summed E-state index contributed by atoms with van der Waals surface area (Å²) in [6.07, 6.45) is 3.15. The molecule has 1 atom stereocenters. The van der Waals surface area contributed by atoms with Crippen molar-refractivity contribution in [2.45, 2.75) is 26.8 Å². The lowest BCUT2D eigenvalue weighted by atomic mass is 10.1. The number of aryl methyl sites for hydroxylation is 2. The van der Waals surface area contributed by atoms with E-state index in [1.807, 2.05) is 69.3 Å². The van der Waals surface area contributed by atoms with Gasteiger partial charge in [-0.15, -0.1) is 0 Å². The first-order valence-corrected chi connectivity index (χ1v) is 11.1. The zero-order valence-corrected chi connectivity index (χ0v) is 19.5. The molecule has 5 rings (SSSR count). The molecular weight excluding hydrogens is 444 g/mol. The number of H-pyrrole nitrogens is 2. The summed E-state index contributed by atoms with van der Waals surface area (Å²) in [4.78, 5) is 31.7. The van der Waals surface area contributed by atoms with Gasteiger partial charge in [-0.25, -0.2) is 19.4 Å². The van der Waals surface area contributed by atoms with Crippen molar-refractivity contribution >= 4 is 22.9 Å². The zero-order valence-electron chi connectivity index (χ0n) is 19.5. The van der Waals surface area contributed by atoms with E-state index in [0.29, 0.717) is 22.7 Å². The van der Waals surface area contributed by atoms with E-state index in [1.165, 1.54) is 6.33 Å². The van der Waals surface area contributed by atoms with Gasteiger partial charge >= 0.3 is 5.69 Å². The second-order valence-electron chi connectivity index (χ2n) is 8.36. The highest BCUT2D eigenvalue weighted by Gasteiger charge is 2.20. The van der Waals surface area contributed by atoms with Crippen LogP contribution in [0.15, 0.2) is 65.8 Å². The van der Waals surface area contributed by atoms with Crippen LogP contribution in [0.3, 0.4) is 0 Å². The summed E-state index contributed by atoms with van der Waals surface area (Å²) < 4.78 is 1.65. The number of nitrogens with one attached hydrogen (secondary N) is 4. The van der Waals surface area contributed by atoms with Crippen LogP contribution >= 0.6 is 0 Å². The number of anilines is 2. The minimum Gasteiger partial charge on any atom is -0.345 e. The summed E-state index contributed by atoms with van der Waals surface area (Å²) in [7, 11) is 0. The van der Waals surface area contributed by atoms with E-state index in [4.69, 9.17) is 0 Å². The lowest BCUT2D eigenvalue weighted by Crippen LogP contribution is -2.26. The van der Waals surface area contributed by atoms with Crippen LogP contribution in [-0.4, -0.2) is 35.7 Å². The number of aromatic amines is 2. The van der Waals surface area contributed by atoms with Crippen LogP contribution in [0.1, 0.15) is 40.0 Å². The summed E-state index contributed by atoms with van der Waals surface area (Å²) >= 11 is 0. The molecule has 35 heavy (non-hydrogen) atoms. The fraction of sp³-hybridized carbons (Fsp3) is 0.160. The van der Waals surface area contributed by atoms with Crippen molar-refractivity contribution in [2.75, 3.05) is 5.32 Å². The Morgan fingerprint density at radius 3 is 2.66 bits per heavy atom. The maximum atomic E-state index is 13.1. The Balaban J connectivity index is 1.47. The van der Waals surface area contributed by atoms with Gasteiger partial charge in [-0.1, -0.05) is 42.5 Å². The number of amides is 1. The first-order chi connectivity index (χ1) is 16.9. The topological polar surface area (TPSA) is 133 Å². The molecule has 0 radical (unpaired) electrons. The number of carbonyl (C=O) groups excluding carboxylic acids is 1. The van der Waals surface area contributed by atoms with Gasteiger partial charge in [0.1, 0.15) is 11.8 Å². The quantitative estimate of drug-likeness (QED) is 0.301. The van der Waals surface area contributed by atoms with Crippen molar-refractivity contribution in [1.29, 1.82) is 0 Å². The maximum absolute atomic E-state index is 13.1. The molecule has 0 saturated heterocycles. The molecule has 3 aromatic heterocycles. The molecule has 0 bridgehead atoms. The van der Waals surface area contributed by atoms with Gasteiger partial charge in [0, 0.05) is 17.4 Å². The Hall–Kier alpha value is -4.73. The van der Waals surface area contributed by atoms with E-state index in [1.54, 1.807) is 10.7 Å². The molecule has 3 heterocycles.